The third-order valence-corrected chi connectivity index (χ3v) is 4.14. The highest BCUT2D eigenvalue weighted by molar-refractivity contribution is 5.89. The van der Waals surface area contributed by atoms with Crippen LogP contribution >= 0.6 is 0 Å². The molecule has 0 fully saturated rings. The van der Waals surface area contributed by atoms with Gasteiger partial charge in [0.15, 0.2) is 5.78 Å². The molecule has 0 saturated heterocycles. The van der Waals surface area contributed by atoms with Crippen LogP contribution < -0.4 is 11.1 Å². The molecule has 0 saturated carbocycles. The third kappa shape index (κ3) is 14.1. The van der Waals surface area contributed by atoms with Crippen molar-refractivity contribution in [1.29, 1.82) is 0 Å². The predicted octanol–water partition coefficient (Wildman–Crippen LogP) is 1.77. The lowest BCUT2D eigenvalue weighted by Crippen LogP contribution is -2.53. The Labute approximate surface area is 165 Å². The average Bonchev–Trinajstić information content (AvgIpc) is 2.60. The Balaban J connectivity index is 3.96. The van der Waals surface area contributed by atoms with Crippen molar-refractivity contribution in [3.63, 3.8) is 0 Å². The van der Waals surface area contributed by atoms with E-state index in [9.17, 15) is 4.79 Å². The Bertz CT molecular complexity index is 383. The second kappa shape index (κ2) is 14.4. The molecule has 27 heavy (non-hydrogen) atoms. The summed E-state index contributed by atoms with van der Waals surface area (Å²) in [5.74, 6) is 0.186. The van der Waals surface area contributed by atoms with Crippen LogP contribution in [0.5, 0.6) is 0 Å². The lowest BCUT2D eigenvalue weighted by atomic mass is 9.81. The fourth-order valence-electron chi connectivity index (χ4n) is 2.30. The number of hydrogen-bond acceptors (Lipinski definition) is 7. The summed E-state index contributed by atoms with van der Waals surface area (Å²) in [6, 6.07) is -0.322. The van der Waals surface area contributed by atoms with Crippen LogP contribution in [0.2, 0.25) is 0 Å². The van der Waals surface area contributed by atoms with E-state index < -0.39 is 0 Å². The number of nitrogens with two attached hydrogens (primary N) is 1. The maximum absolute atomic E-state index is 12.8. The Morgan fingerprint density at radius 1 is 0.852 bits per heavy atom. The summed E-state index contributed by atoms with van der Waals surface area (Å²) in [7, 11) is 0. The number of ether oxygens (including phenoxy) is 4. The van der Waals surface area contributed by atoms with Gasteiger partial charge in [-0.1, -0.05) is 20.8 Å². The first-order valence-corrected chi connectivity index (χ1v) is 9.97. The highest BCUT2D eigenvalue weighted by atomic mass is 16.6. The van der Waals surface area contributed by atoms with Gasteiger partial charge in [-0.3, -0.25) is 4.79 Å². The summed E-state index contributed by atoms with van der Waals surface area (Å²) in [5, 5.41) is 3.38. The van der Waals surface area contributed by atoms with Crippen LogP contribution in [0, 0.1) is 5.41 Å². The van der Waals surface area contributed by atoms with Crippen LogP contribution in [0.25, 0.3) is 0 Å². The van der Waals surface area contributed by atoms with Crippen molar-refractivity contribution < 1.29 is 23.7 Å². The monoisotopic (exact) mass is 390 g/mol. The molecule has 0 aliphatic carbocycles. The van der Waals surface area contributed by atoms with Crippen molar-refractivity contribution in [1.82, 2.24) is 5.32 Å². The molecule has 162 valence electrons. The van der Waals surface area contributed by atoms with Crippen LogP contribution in [0.15, 0.2) is 0 Å². The lowest BCUT2D eigenvalue weighted by molar-refractivity contribution is -0.131. The summed E-state index contributed by atoms with van der Waals surface area (Å²) in [5.41, 5.74) is 4.80. The smallest absolute Gasteiger partial charge is 0.157 e. The summed E-state index contributed by atoms with van der Waals surface area (Å²) in [6.45, 7) is 16.6. The summed E-state index contributed by atoms with van der Waals surface area (Å²) in [4.78, 5) is 12.8. The van der Waals surface area contributed by atoms with E-state index in [1.165, 1.54) is 0 Å². The molecule has 0 heterocycles. The number of hydrogen-bond donors (Lipinski definition) is 2. The van der Waals surface area contributed by atoms with Crippen molar-refractivity contribution in [3.05, 3.63) is 0 Å². The number of carbonyl (C=O) groups is 1. The van der Waals surface area contributed by atoms with Gasteiger partial charge in [0.05, 0.1) is 58.9 Å². The molecular weight excluding hydrogens is 348 g/mol. The Kier molecular flexibility index (Phi) is 14.1. The first-order valence-electron chi connectivity index (χ1n) is 9.97. The standard InChI is InChI=1S/C20H42N2O5/c1-7-20(5,6)18(23)17(22-19(2,3)4)16-27-15-14-26-13-12-25-11-10-24-9-8-21/h17,22H,7-16,21H2,1-6H3. The van der Waals surface area contributed by atoms with E-state index in [2.05, 4.69) is 26.1 Å². The fourth-order valence-corrected chi connectivity index (χ4v) is 2.30. The first kappa shape index (κ1) is 26.4. The van der Waals surface area contributed by atoms with Gasteiger partial charge in [0.1, 0.15) is 0 Å². The van der Waals surface area contributed by atoms with Crippen LogP contribution in [0.4, 0.5) is 0 Å². The largest absolute Gasteiger partial charge is 0.378 e. The number of ketones is 1. The van der Waals surface area contributed by atoms with Crippen molar-refractivity contribution in [2.45, 2.75) is 59.5 Å². The quantitative estimate of drug-likeness (QED) is 0.366. The zero-order valence-corrected chi connectivity index (χ0v) is 18.3. The van der Waals surface area contributed by atoms with Gasteiger partial charge in [-0.05, 0) is 27.2 Å². The Hall–Kier alpha value is -0.570. The molecule has 0 spiro atoms. The molecule has 0 aromatic heterocycles. The minimum atomic E-state index is -0.367. The van der Waals surface area contributed by atoms with E-state index in [1.807, 2.05) is 20.8 Å². The molecule has 3 N–H and O–H groups in total. The molecule has 1 unspecified atom stereocenters. The van der Waals surface area contributed by atoms with Gasteiger partial charge in [-0.25, -0.2) is 0 Å². The lowest BCUT2D eigenvalue weighted by Gasteiger charge is -2.32. The normalized spacial score (nSPS) is 13.7. The van der Waals surface area contributed by atoms with Crippen molar-refractivity contribution in [2.75, 3.05) is 59.4 Å². The van der Waals surface area contributed by atoms with Crippen molar-refractivity contribution >= 4 is 5.78 Å². The fraction of sp³-hybridized carbons (Fsp3) is 0.950. The van der Waals surface area contributed by atoms with Gasteiger partial charge in [-0.15, -0.1) is 0 Å². The highest BCUT2D eigenvalue weighted by Gasteiger charge is 2.34. The molecule has 0 aromatic carbocycles. The molecule has 0 amide bonds. The van der Waals surface area contributed by atoms with E-state index in [-0.39, 0.29) is 22.8 Å². The van der Waals surface area contributed by atoms with Gasteiger partial charge in [0.2, 0.25) is 0 Å². The second-order valence-corrected chi connectivity index (χ2v) is 8.25. The molecule has 0 aromatic rings. The molecule has 0 bridgehead atoms. The number of nitrogens with one attached hydrogen (secondary N) is 1. The number of rotatable bonds is 17. The van der Waals surface area contributed by atoms with Gasteiger partial charge in [-0.2, -0.15) is 0 Å². The average molecular weight is 391 g/mol. The SMILES string of the molecule is CCC(C)(C)C(=O)C(COCCOCCOCCOCCN)NC(C)(C)C. The number of Topliss-reactive ketones (excluding diaryl/α,β-unsaturated/α-hetero) is 1. The summed E-state index contributed by atoms with van der Waals surface area (Å²) < 4.78 is 21.8. The molecule has 0 rings (SSSR count). The molecule has 7 nitrogen and oxygen atoms in total. The van der Waals surface area contributed by atoms with Gasteiger partial charge >= 0.3 is 0 Å². The third-order valence-electron chi connectivity index (χ3n) is 4.14. The molecular formula is C20H42N2O5. The minimum absolute atomic E-state index is 0.158. The molecule has 1 atom stereocenters. The van der Waals surface area contributed by atoms with Crippen LogP contribution in [-0.2, 0) is 23.7 Å². The van der Waals surface area contributed by atoms with Crippen LogP contribution in [0.1, 0.15) is 48.0 Å². The summed E-state index contributed by atoms with van der Waals surface area (Å²) >= 11 is 0. The maximum atomic E-state index is 12.8. The first-order chi connectivity index (χ1) is 12.6. The van der Waals surface area contributed by atoms with Gasteiger partial charge in [0.25, 0.3) is 0 Å². The Morgan fingerprint density at radius 3 is 1.70 bits per heavy atom. The van der Waals surface area contributed by atoms with Gasteiger partial charge in [0, 0.05) is 17.5 Å². The topological polar surface area (TPSA) is 92.0 Å². The van der Waals surface area contributed by atoms with E-state index in [4.69, 9.17) is 24.7 Å². The molecule has 7 heteroatoms. The highest BCUT2D eigenvalue weighted by Crippen LogP contribution is 2.23. The molecule has 0 aliphatic heterocycles. The summed E-state index contributed by atoms with van der Waals surface area (Å²) in [6.07, 6.45) is 0.800. The zero-order valence-electron chi connectivity index (χ0n) is 18.3. The predicted molar refractivity (Wildman–Crippen MR) is 108 cm³/mol. The van der Waals surface area contributed by atoms with E-state index in [0.29, 0.717) is 59.4 Å². The molecule has 0 radical (unpaired) electrons. The van der Waals surface area contributed by atoms with E-state index in [0.717, 1.165) is 6.42 Å². The maximum Gasteiger partial charge on any atom is 0.157 e. The van der Waals surface area contributed by atoms with Crippen LogP contribution in [0.3, 0.4) is 0 Å². The van der Waals surface area contributed by atoms with Crippen molar-refractivity contribution in [3.8, 4) is 0 Å². The van der Waals surface area contributed by atoms with Crippen LogP contribution in [-0.4, -0.2) is 76.8 Å². The van der Waals surface area contributed by atoms with E-state index >= 15 is 0 Å². The zero-order chi connectivity index (χ0) is 20.8. The molecule has 0 aliphatic rings. The Morgan fingerprint density at radius 2 is 1.30 bits per heavy atom. The number of carbonyl (C=O) groups excluding carboxylic acids is 1. The second-order valence-electron chi connectivity index (χ2n) is 8.25. The minimum Gasteiger partial charge on any atom is -0.378 e. The van der Waals surface area contributed by atoms with Crippen molar-refractivity contribution in [2.24, 2.45) is 11.1 Å². The van der Waals surface area contributed by atoms with E-state index in [1.54, 1.807) is 0 Å². The van der Waals surface area contributed by atoms with Gasteiger partial charge < -0.3 is 30.0 Å².